The molecule has 1 amide bonds. The van der Waals surface area contributed by atoms with E-state index in [1.165, 1.54) is 5.56 Å². The first-order valence-electron chi connectivity index (χ1n) is 7.37. The Hall–Kier alpha value is -2.00. The number of rotatable bonds is 6. The number of hydrogen-bond donors (Lipinski definition) is 2. The molecule has 0 aliphatic carbocycles. The Kier molecular flexibility index (Phi) is 5.84. The molecule has 2 aromatic rings. The van der Waals surface area contributed by atoms with E-state index in [0.29, 0.717) is 19.5 Å². The first-order valence-corrected chi connectivity index (χ1v) is 7.74. The molecular weight excluding hydrogens is 296 g/mol. The van der Waals surface area contributed by atoms with Gasteiger partial charge in [-0.25, -0.2) is 0 Å². The highest BCUT2D eigenvalue weighted by Gasteiger charge is 2.03. The van der Waals surface area contributed by atoms with Crippen LogP contribution in [0.25, 0.3) is 0 Å². The molecule has 116 valence electrons. The quantitative estimate of drug-likeness (QED) is 0.843. The monoisotopic (exact) mass is 316 g/mol. The molecule has 0 aliphatic rings. The molecule has 0 atom stereocenters. The van der Waals surface area contributed by atoms with Crippen molar-refractivity contribution in [2.75, 3.05) is 11.9 Å². The van der Waals surface area contributed by atoms with Gasteiger partial charge in [-0.1, -0.05) is 41.4 Å². The van der Waals surface area contributed by atoms with Gasteiger partial charge in [-0.15, -0.1) is 0 Å². The number of hydrogen-bond acceptors (Lipinski definition) is 2. The minimum atomic E-state index is 0.0414. The molecule has 0 aliphatic heterocycles. The maximum atomic E-state index is 11.8. The van der Waals surface area contributed by atoms with Gasteiger partial charge in [0.25, 0.3) is 0 Å². The van der Waals surface area contributed by atoms with E-state index >= 15 is 0 Å². The fraction of sp³-hybridized carbons (Fsp3) is 0.278. The highest BCUT2D eigenvalue weighted by atomic mass is 35.5. The summed E-state index contributed by atoms with van der Waals surface area (Å²) >= 11 is 5.92. The van der Waals surface area contributed by atoms with Crippen LogP contribution in [0.3, 0.4) is 0 Å². The van der Waals surface area contributed by atoms with E-state index in [1.807, 2.05) is 56.3 Å². The second-order valence-electron chi connectivity index (χ2n) is 5.40. The van der Waals surface area contributed by atoms with Gasteiger partial charge < -0.3 is 10.6 Å². The van der Waals surface area contributed by atoms with Crippen LogP contribution in [0, 0.1) is 13.8 Å². The van der Waals surface area contributed by atoms with Crippen LogP contribution < -0.4 is 10.6 Å². The Bertz CT molecular complexity index is 638. The van der Waals surface area contributed by atoms with Crippen LogP contribution in [0.2, 0.25) is 5.02 Å². The van der Waals surface area contributed by atoms with E-state index < -0.39 is 0 Å². The first-order chi connectivity index (χ1) is 10.5. The fourth-order valence-electron chi connectivity index (χ4n) is 2.13. The summed E-state index contributed by atoms with van der Waals surface area (Å²) in [5.74, 6) is 0.0414. The van der Waals surface area contributed by atoms with Crippen LogP contribution >= 0.6 is 11.6 Å². The normalized spacial score (nSPS) is 10.3. The lowest BCUT2D eigenvalue weighted by molar-refractivity contribution is -0.121. The topological polar surface area (TPSA) is 41.1 Å². The molecule has 0 saturated carbocycles. The molecule has 22 heavy (non-hydrogen) atoms. The maximum Gasteiger partial charge on any atom is 0.222 e. The van der Waals surface area contributed by atoms with Crippen molar-refractivity contribution in [1.82, 2.24) is 5.32 Å². The maximum absolute atomic E-state index is 11.8. The van der Waals surface area contributed by atoms with Gasteiger partial charge in [-0.05, 0) is 43.2 Å². The van der Waals surface area contributed by atoms with Crippen molar-refractivity contribution in [2.45, 2.75) is 26.8 Å². The molecule has 0 unspecified atom stereocenters. The van der Waals surface area contributed by atoms with Crippen LogP contribution in [-0.4, -0.2) is 12.5 Å². The zero-order chi connectivity index (χ0) is 15.9. The minimum absolute atomic E-state index is 0.0414. The number of nitrogens with one attached hydrogen (secondary N) is 2. The lowest BCUT2D eigenvalue weighted by Gasteiger charge is -2.10. The third kappa shape index (κ3) is 5.08. The predicted molar refractivity (Wildman–Crippen MR) is 92.3 cm³/mol. The van der Waals surface area contributed by atoms with Gasteiger partial charge >= 0.3 is 0 Å². The highest BCUT2D eigenvalue weighted by Crippen LogP contribution is 2.19. The lowest BCUT2D eigenvalue weighted by Crippen LogP contribution is -2.24. The van der Waals surface area contributed by atoms with Crippen LogP contribution in [0.1, 0.15) is 23.1 Å². The molecule has 4 heteroatoms. The number of carbonyl (C=O) groups excluding carboxylic acids is 1. The lowest BCUT2D eigenvalue weighted by atomic mass is 10.1. The van der Waals surface area contributed by atoms with E-state index in [1.54, 1.807) is 0 Å². The number of anilines is 1. The fourth-order valence-corrected chi connectivity index (χ4v) is 2.36. The number of benzene rings is 2. The summed E-state index contributed by atoms with van der Waals surface area (Å²) in [5, 5.41) is 6.91. The summed E-state index contributed by atoms with van der Waals surface area (Å²) in [7, 11) is 0. The van der Waals surface area contributed by atoms with Crippen LogP contribution in [0.15, 0.2) is 42.5 Å². The van der Waals surface area contributed by atoms with Gasteiger partial charge in [0.1, 0.15) is 0 Å². The summed E-state index contributed by atoms with van der Waals surface area (Å²) in [5.41, 5.74) is 4.42. The Morgan fingerprint density at radius 1 is 1.09 bits per heavy atom. The molecule has 0 saturated heterocycles. The summed E-state index contributed by atoms with van der Waals surface area (Å²) in [6.07, 6.45) is 0.438. The molecule has 3 nitrogen and oxygen atoms in total. The third-order valence-corrected chi connectivity index (χ3v) is 3.70. The van der Waals surface area contributed by atoms with Crippen molar-refractivity contribution >= 4 is 23.2 Å². The van der Waals surface area contributed by atoms with Gasteiger partial charge in [-0.2, -0.15) is 0 Å². The van der Waals surface area contributed by atoms with E-state index in [9.17, 15) is 4.79 Å². The van der Waals surface area contributed by atoms with Crippen molar-refractivity contribution in [3.8, 4) is 0 Å². The Morgan fingerprint density at radius 2 is 1.82 bits per heavy atom. The molecular formula is C18H21ClN2O. The summed E-state index contributed by atoms with van der Waals surface area (Å²) < 4.78 is 0. The SMILES string of the molecule is Cc1ccc(CNC(=O)CCNc2ccc(Cl)cc2C)cc1. The molecule has 0 radical (unpaired) electrons. The van der Waals surface area contributed by atoms with E-state index in [0.717, 1.165) is 21.8 Å². The molecule has 2 rings (SSSR count). The molecule has 2 N–H and O–H groups in total. The number of amides is 1. The van der Waals surface area contributed by atoms with Gasteiger partial charge in [0, 0.05) is 30.2 Å². The van der Waals surface area contributed by atoms with Crippen molar-refractivity contribution in [3.63, 3.8) is 0 Å². The number of halogens is 1. The summed E-state index contributed by atoms with van der Waals surface area (Å²) in [6, 6.07) is 13.8. The van der Waals surface area contributed by atoms with Crippen LogP contribution in [0.4, 0.5) is 5.69 Å². The third-order valence-electron chi connectivity index (χ3n) is 3.47. The summed E-state index contributed by atoms with van der Waals surface area (Å²) in [6.45, 7) is 5.21. The standard InChI is InChI=1S/C18H21ClN2O/c1-13-3-5-15(6-4-13)12-21-18(22)9-10-20-17-8-7-16(19)11-14(17)2/h3-8,11,20H,9-10,12H2,1-2H3,(H,21,22). The second-order valence-corrected chi connectivity index (χ2v) is 5.83. The molecule has 0 spiro atoms. The van der Waals surface area contributed by atoms with Crippen LogP contribution in [-0.2, 0) is 11.3 Å². The van der Waals surface area contributed by atoms with Crippen molar-refractivity contribution < 1.29 is 4.79 Å². The van der Waals surface area contributed by atoms with E-state index in [4.69, 9.17) is 11.6 Å². The average Bonchev–Trinajstić information content (AvgIpc) is 2.49. The zero-order valence-electron chi connectivity index (χ0n) is 12.9. The van der Waals surface area contributed by atoms with Gasteiger partial charge in [-0.3, -0.25) is 4.79 Å². The second kappa shape index (κ2) is 7.85. The van der Waals surface area contributed by atoms with Crippen molar-refractivity contribution in [2.24, 2.45) is 0 Å². The predicted octanol–water partition coefficient (Wildman–Crippen LogP) is 4.08. The molecule has 0 heterocycles. The smallest absolute Gasteiger partial charge is 0.222 e. The Morgan fingerprint density at radius 3 is 2.50 bits per heavy atom. The van der Waals surface area contributed by atoms with Gasteiger partial charge in [0.15, 0.2) is 0 Å². The first kappa shape index (κ1) is 16.4. The van der Waals surface area contributed by atoms with Crippen molar-refractivity contribution in [1.29, 1.82) is 0 Å². The Labute approximate surface area is 136 Å². The molecule has 0 bridgehead atoms. The molecule has 0 fully saturated rings. The number of aryl methyl sites for hydroxylation is 2. The van der Waals surface area contributed by atoms with Crippen LogP contribution in [0.5, 0.6) is 0 Å². The molecule has 0 aromatic heterocycles. The highest BCUT2D eigenvalue weighted by molar-refractivity contribution is 6.30. The summed E-state index contributed by atoms with van der Waals surface area (Å²) in [4.78, 5) is 11.8. The van der Waals surface area contributed by atoms with E-state index in [2.05, 4.69) is 10.6 Å². The van der Waals surface area contributed by atoms with E-state index in [-0.39, 0.29) is 5.91 Å². The largest absolute Gasteiger partial charge is 0.384 e. The van der Waals surface area contributed by atoms with Gasteiger partial charge in [0.05, 0.1) is 0 Å². The molecule has 2 aromatic carbocycles. The Balaban J connectivity index is 1.72. The number of carbonyl (C=O) groups is 1. The van der Waals surface area contributed by atoms with Gasteiger partial charge in [0.2, 0.25) is 5.91 Å². The average molecular weight is 317 g/mol. The van der Waals surface area contributed by atoms with Crippen molar-refractivity contribution in [3.05, 3.63) is 64.2 Å². The zero-order valence-corrected chi connectivity index (χ0v) is 13.7. The minimum Gasteiger partial charge on any atom is -0.384 e.